The molecule has 1 N–H and O–H groups in total. The first-order chi connectivity index (χ1) is 11.7. The number of amides is 1. The Kier molecular flexibility index (Phi) is 3.62. The number of nitrogens with one attached hydrogen (secondary N) is 1. The van der Waals surface area contributed by atoms with Crippen molar-refractivity contribution in [1.29, 1.82) is 0 Å². The van der Waals surface area contributed by atoms with E-state index in [0.717, 1.165) is 26.9 Å². The fourth-order valence-electron chi connectivity index (χ4n) is 2.45. The van der Waals surface area contributed by atoms with Gasteiger partial charge in [-0.1, -0.05) is 29.5 Å². The predicted octanol–water partition coefficient (Wildman–Crippen LogP) is 3.76. The van der Waals surface area contributed by atoms with Crippen LogP contribution in [0, 0.1) is 6.92 Å². The van der Waals surface area contributed by atoms with Crippen LogP contribution in [0.25, 0.3) is 21.9 Å². The molecule has 6 nitrogen and oxygen atoms in total. The smallest absolute Gasteiger partial charge is 0.264 e. The zero-order valence-electron chi connectivity index (χ0n) is 12.8. The van der Waals surface area contributed by atoms with Crippen molar-refractivity contribution in [3.8, 4) is 5.75 Å². The lowest BCUT2D eigenvalue weighted by atomic mass is 10.1. The van der Waals surface area contributed by atoms with E-state index >= 15 is 0 Å². The molecule has 2 aromatic heterocycles. The third-order valence-corrected chi connectivity index (χ3v) is 4.24. The van der Waals surface area contributed by atoms with Crippen LogP contribution >= 0.6 is 11.3 Å². The summed E-state index contributed by atoms with van der Waals surface area (Å²) in [7, 11) is 0. The van der Waals surface area contributed by atoms with Crippen LogP contribution in [0.5, 0.6) is 5.75 Å². The summed E-state index contributed by atoms with van der Waals surface area (Å²) in [6.45, 7) is 1.73. The van der Waals surface area contributed by atoms with Crippen LogP contribution in [0.2, 0.25) is 0 Å². The number of fused-ring (bicyclic) bond motifs is 3. The van der Waals surface area contributed by atoms with Gasteiger partial charge in [-0.25, -0.2) is 0 Å². The third-order valence-electron chi connectivity index (χ3n) is 3.49. The molecule has 120 valence electrons. The van der Waals surface area contributed by atoms with Crippen molar-refractivity contribution in [3.63, 3.8) is 0 Å². The molecule has 0 fully saturated rings. The number of rotatable bonds is 4. The Bertz CT molecular complexity index is 1040. The molecule has 2 heterocycles. The Labute approximate surface area is 141 Å². The maximum Gasteiger partial charge on any atom is 0.264 e. The monoisotopic (exact) mass is 339 g/mol. The lowest BCUT2D eigenvalue weighted by molar-refractivity contribution is -0.118. The number of ether oxygens (including phenoxy) is 1. The third kappa shape index (κ3) is 2.81. The van der Waals surface area contributed by atoms with Crippen molar-refractivity contribution < 1.29 is 13.9 Å². The molecule has 0 aliphatic carbocycles. The van der Waals surface area contributed by atoms with E-state index in [-0.39, 0.29) is 12.5 Å². The van der Waals surface area contributed by atoms with Gasteiger partial charge < -0.3 is 9.15 Å². The van der Waals surface area contributed by atoms with E-state index in [9.17, 15) is 4.79 Å². The van der Waals surface area contributed by atoms with Crippen LogP contribution in [0.1, 0.15) is 5.01 Å². The van der Waals surface area contributed by atoms with Gasteiger partial charge in [-0.05, 0) is 31.2 Å². The maximum atomic E-state index is 11.9. The molecular weight excluding hydrogens is 326 g/mol. The van der Waals surface area contributed by atoms with Gasteiger partial charge in [0.25, 0.3) is 5.91 Å². The second-order valence-corrected chi connectivity index (χ2v) is 6.40. The van der Waals surface area contributed by atoms with Gasteiger partial charge in [-0.2, -0.15) is 0 Å². The van der Waals surface area contributed by atoms with E-state index in [4.69, 9.17) is 9.15 Å². The van der Waals surface area contributed by atoms with Crippen molar-refractivity contribution in [2.24, 2.45) is 0 Å². The van der Waals surface area contributed by atoms with Crippen LogP contribution in [-0.2, 0) is 4.79 Å². The molecule has 0 bridgehead atoms. The van der Waals surface area contributed by atoms with Gasteiger partial charge in [0.1, 0.15) is 21.9 Å². The zero-order chi connectivity index (χ0) is 16.5. The molecule has 0 unspecified atom stereocenters. The van der Waals surface area contributed by atoms with Crippen LogP contribution < -0.4 is 10.1 Å². The highest BCUT2D eigenvalue weighted by atomic mass is 32.1. The number of aromatic nitrogens is 2. The number of carbonyl (C=O) groups is 1. The molecule has 0 aliphatic rings. The van der Waals surface area contributed by atoms with E-state index < -0.39 is 0 Å². The van der Waals surface area contributed by atoms with Crippen molar-refractivity contribution in [3.05, 3.63) is 47.5 Å². The molecule has 0 saturated heterocycles. The summed E-state index contributed by atoms with van der Waals surface area (Å²) < 4.78 is 11.3. The highest BCUT2D eigenvalue weighted by Gasteiger charge is 2.10. The highest BCUT2D eigenvalue weighted by molar-refractivity contribution is 7.15. The van der Waals surface area contributed by atoms with E-state index in [1.165, 1.54) is 11.3 Å². The molecule has 0 radical (unpaired) electrons. The number of nitrogens with zero attached hydrogens (tertiary/aromatic N) is 2. The van der Waals surface area contributed by atoms with Crippen LogP contribution in [-0.4, -0.2) is 22.7 Å². The Morgan fingerprint density at radius 2 is 2.00 bits per heavy atom. The second-order valence-electron chi connectivity index (χ2n) is 5.22. The lowest BCUT2D eigenvalue weighted by Crippen LogP contribution is -2.20. The maximum absolute atomic E-state index is 11.9. The number of aryl methyl sites for hydroxylation is 1. The van der Waals surface area contributed by atoms with Crippen molar-refractivity contribution in [2.75, 3.05) is 11.9 Å². The summed E-state index contributed by atoms with van der Waals surface area (Å²) in [4.78, 5) is 11.9. The summed E-state index contributed by atoms with van der Waals surface area (Å²) >= 11 is 1.32. The van der Waals surface area contributed by atoms with Gasteiger partial charge in [0.2, 0.25) is 5.13 Å². The summed E-state index contributed by atoms with van der Waals surface area (Å²) in [6.07, 6.45) is 0. The summed E-state index contributed by atoms with van der Waals surface area (Å²) in [5, 5.41) is 13.6. The first-order valence-electron chi connectivity index (χ1n) is 7.33. The van der Waals surface area contributed by atoms with Gasteiger partial charge in [0.05, 0.1) is 0 Å². The molecule has 7 heteroatoms. The van der Waals surface area contributed by atoms with Gasteiger partial charge in [-0.15, -0.1) is 10.2 Å². The van der Waals surface area contributed by atoms with E-state index in [0.29, 0.717) is 10.9 Å². The molecule has 0 saturated carbocycles. The average molecular weight is 339 g/mol. The minimum Gasteiger partial charge on any atom is -0.484 e. The Balaban J connectivity index is 1.50. The highest BCUT2D eigenvalue weighted by Crippen LogP contribution is 2.31. The Morgan fingerprint density at radius 3 is 2.83 bits per heavy atom. The number of anilines is 1. The van der Waals surface area contributed by atoms with Crippen LogP contribution in [0.4, 0.5) is 5.13 Å². The molecule has 4 aromatic rings. The van der Waals surface area contributed by atoms with E-state index in [2.05, 4.69) is 15.5 Å². The predicted molar refractivity (Wildman–Crippen MR) is 92.5 cm³/mol. The number of para-hydroxylation sites is 1. The molecule has 4 rings (SSSR count). The molecular formula is C17H13N3O3S. The fourth-order valence-corrected chi connectivity index (χ4v) is 3.05. The molecule has 0 atom stereocenters. The minimum absolute atomic E-state index is 0.0973. The number of hydrogen-bond acceptors (Lipinski definition) is 6. The molecule has 0 spiro atoms. The van der Waals surface area contributed by atoms with Crippen molar-refractivity contribution in [2.45, 2.75) is 6.92 Å². The fraction of sp³-hybridized carbons (Fsp3) is 0.118. The summed E-state index contributed by atoms with van der Waals surface area (Å²) in [6, 6.07) is 13.3. The van der Waals surface area contributed by atoms with Crippen molar-refractivity contribution in [1.82, 2.24) is 10.2 Å². The summed E-state index contributed by atoms with van der Waals surface area (Å²) in [5.41, 5.74) is 1.62. The normalized spacial score (nSPS) is 11.0. The molecule has 2 aromatic carbocycles. The van der Waals surface area contributed by atoms with Crippen LogP contribution in [0.15, 0.2) is 46.9 Å². The zero-order valence-corrected chi connectivity index (χ0v) is 13.6. The number of hydrogen-bond donors (Lipinski definition) is 1. The first kappa shape index (κ1) is 14.6. The van der Waals surface area contributed by atoms with Crippen molar-refractivity contribution >= 4 is 44.3 Å². The van der Waals surface area contributed by atoms with Gasteiger partial charge >= 0.3 is 0 Å². The topological polar surface area (TPSA) is 77.2 Å². The number of carbonyl (C=O) groups excluding carboxylic acids is 1. The number of furan rings is 1. The molecule has 1 amide bonds. The van der Waals surface area contributed by atoms with Gasteiger partial charge in [-0.3, -0.25) is 10.1 Å². The first-order valence-corrected chi connectivity index (χ1v) is 8.15. The molecule has 24 heavy (non-hydrogen) atoms. The van der Waals surface area contributed by atoms with E-state index in [1.807, 2.05) is 43.3 Å². The Morgan fingerprint density at radius 1 is 1.17 bits per heavy atom. The van der Waals surface area contributed by atoms with Gasteiger partial charge in [0, 0.05) is 10.8 Å². The second kappa shape index (κ2) is 5.93. The summed E-state index contributed by atoms with van der Waals surface area (Å²) in [5.74, 6) is 0.334. The SMILES string of the molecule is Cc1nnc(NC(=O)COc2ccc3oc4ccccc4c3c2)s1. The average Bonchev–Trinajstić information content (AvgIpc) is 3.16. The van der Waals surface area contributed by atoms with E-state index in [1.54, 1.807) is 6.07 Å². The quantitative estimate of drug-likeness (QED) is 0.612. The standard InChI is InChI=1S/C17H13N3O3S/c1-10-19-20-17(24-10)18-16(21)9-22-11-6-7-15-13(8-11)12-4-2-3-5-14(12)23-15/h2-8H,9H2,1H3,(H,18,20,21). The Hall–Kier alpha value is -2.93. The minimum atomic E-state index is -0.275. The number of benzene rings is 2. The van der Waals surface area contributed by atoms with Crippen LogP contribution in [0.3, 0.4) is 0 Å². The largest absolute Gasteiger partial charge is 0.484 e. The molecule has 0 aliphatic heterocycles. The lowest BCUT2D eigenvalue weighted by Gasteiger charge is -2.05. The van der Waals surface area contributed by atoms with Gasteiger partial charge in [0.15, 0.2) is 6.61 Å².